The molecule has 11 heteroatoms. The van der Waals surface area contributed by atoms with Crippen molar-refractivity contribution in [3.63, 3.8) is 0 Å². The molecule has 0 atom stereocenters. The van der Waals surface area contributed by atoms with Crippen molar-refractivity contribution in [1.29, 1.82) is 0 Å². The molecule has 0 saturated carbocycles. The predicted octanol–water partition coefficient (Wildman–Crippen LogP) is 6.62. The Morgan fingerprint density at radius 2 is 1.39 bits per heavy atom. The first-order chi connectivity index (χ1) is 24.7. The molecule has 0 spiro atoms. The van der Waals surface area contributed by atoms with E-state index in [-0.39, 0.29) is 45.7 Å². The summed E-state index contributed by atoms with van der Waals surface area (Å²) in [6.07, 6.45) is 1.51. The Kier molecular flexibility index (Phi) is 10.4. The average molecular weight is 698 g/mol. The van der Waals surface area contributed by atoms with E-state index >= 15 is 0 Å². The summed E-state index contributed by atoms with van der Waals surface area (Å²) in [4.78, 5) is 66.7. The number of nitrogens with one attached hydrogen (secondary N) is 3. The monoisotopic (exact) mass is 697 g/mol. The van der Waals surface area contributed by atoms with Gasteiger partial charge in [0.05, 0.1) is 31.2 Å². The number of hydrogen-bond donors (Lipinski definition) is 3. The summed E-state index contributed by atoms with van der Waals surface area (Å²) >= 11 is 1.25. The fourth-order valence-corrected chi connectivity index (χ4v) is 6.17. The number of carbonyl (C=O) groups excluding carboxylic acids is 5. The summed E-state index contributed by atoms with van der Waals surface area (Å²) in [6.45, 7) is 0. The van der Waals surface area contributed by atoms with Crippen LogP contribution in [0.3, 0.4) is 0 Å². The van der Waals surface area contributed by atoms with Crippen LogP contribution in [-0.2, 0) is 9.59 Å². The first-order valence-corrected chi connectivity index (χ1v) is 16.7. The summed E-state index contributed by atoms with van der Waals surface area (Å²) in [6, 6.07) is 31.9. The molecule has 0 heterocycles. The molecule has 6 rings (SSSR count). The van der Waals surface area contributed by atoms with Crippen molar-refractivity contribution in [3.05, 3.63) is 154 Å². The Balaban J connectivity index is 1.13. The van der Waals surface area contributed by atoms with Crippen LogP contribution >= 0.6 is 11.8 Å². The fraction of sp³-hybridized carbons (Fsp3) is 0.0750. The lowest BCUT2D eigenvalue weighted by atomic mass is 9.83. The number of ether oxygens (including phenoxy) is 2. The number of benzene rings is 5. The van der Waals surface area contributed by atoms with Crippen LogP contribution in [0.2, 0.25) is 0 Å². The Morgan fingerprint density at radius 3 is 2.10 bits per heavy atom. The summed E-state index contributed by atoms with van der Waals surface area (Å²) in [5.74, 6) is -0.961. The number of rotatable bonds is 11. The predicted molar refractivity (Wildman–Crippen MR) is 196 cm³/mol. The van der Waals surface area contributed by atoms with E-state index in [0.717, 1.165) is 4.90 Å². The van der Waals surface area contributed by atoms with Crippen molar-refractivity contribution in [2.45, 2.75) is 4.90 Å². The van der Waals surface area contributed by atoms with Gasteiger partial charge in [0.2, 0.25) is 5.91 Å². The van der Waals surface area contributed by atoms with Crippen LogP contribution < -0.4 is 25.4 Å². The van der Waals surface area contributed by atoms with E-state index in [2.05, 4.69) is 16.0 Å². The molecule has 1 aliphatic carbocycles. The highest BCUT2D eigenvalue weighted by Gasteiger charge is 2.31. The maximum atomic E-state index is 13.6. The second kappa shape index (κ2) is 15.4. The zero-order chi connectivity index (χ0) is 35.9. The molecule has 0 unspecified atom stereocenters. The molecule has 3 N–H and O–H groups in total. The van der Waals surface area contributed by atoms with Gasteiger partial charge in [0.25, 0.3) is 11.8 Å². The van der Waals surface area contributed by atoms with Gasteiger partial charge in [0, 0.05) is 38.4 Å². The fourth-order valence-electron chi connectivity index (χ4n) is 5.47. The van der Waals surface area contributed by atoms with E-state index < -0.39 is 11.8 Å². The van der Waals surface area contributed by atoms with Gasteiger partial charge in [-0.05, 0) is 66.7 Å². The number of methoxy groups -OCH3 is 2. The van der Waals surface area contributed by atoms with Crippen LogP contribution in [0, 0.1) is 0 Å². The van der Waals surface area contributed by atoms with Crippen molar-refractivity contribution >= 4 is 58.5 Å². The number of hydrogen-bond acceptors (Lipinski definition) is 8. The van der Waals surface area contributed by atoms with Gasteiger partial charge in [-0.2, -0.15) is 0 Å². The molecule has 10 nitrogen and oxygen atoms in total. The van der Waals surface area contributed by atoms with E-state index in [9.17, 15) is 24.0 Å². The van der Waals surface area contributed by atoms with Crippen molar-refractivity contribution in [1.82, 2.24) is 5.32 Å². The molecular formula is C40H31N3O7S. The molecule has 51 heavy (non-hydrogen) atoms. The third-order valence-electron chi connectivity index (χ3n) is 7.97. The normalized spacial score (nSPS) is 11.9. The van der Waals surface area contributed by atoms with Crippen molar-refractivity contribution in [3.8, 4) is 11.5 Å². The first-order valence-electron chi connectivity index (χ1n) is 15.7. The van der Waals surface area contributed by atoms with Gasteiger partial charge in [-0.25, -0.2) is 0 Å². The number of carbonyl (C=O) groups is 5. The molecule has 0 bridgehead atoms. The minimum Gasteiger partial charge on any atom is -0.497 e. The number of anilines is 2. The van der Waals surface area contributed by atoms with Crippen molar-refractivity contribution in [2.75, 3.05) is 30.6 Å². The van der Waals surface area contributed by atoms with Gasteiger partial charge in [0.1, 0.15) is 17.2 Å². The lowest BCUT2D eigenvalue weighted by Crippen LogP contribution is -2.30. The van der Waals surface area contributed by atoms with Crippen LogP contribution in [0.5, 0.6) is 11.5 Å². The van der Waals surface area contributed by atoms with E-state index in [4.69, 9.17) is 9.47 Å². The van der Waals surface area contributed by atoms with E-state index in [1.54, 1.807) is 115 Å². The standard InChI is InChI=1S/C40H31N3O7S/c1-49-27-17-20-34(50-2)25(21-27)22-33(43-39(47)24-9-4-3-5-10-24)40(48)41-26-15-18-28(19-16-26)51-23-35(44)42-32-14-8-13-31-36(32)38(46)30-12-7-6-11-29(30)37(31)45/h3-22H,23H2,1-2H3,(H,41,48)(H,42,44)(H,43,47)/b33-22-. The highest BCUT2D eigenvalue weighted by molar-refractivity contribution is 8.00. The smallest absolute Gasteiger partial charge is 0.272 e. The lowest BCUT2D eigenvalue weighted by molar-refractivity contribution is -0.114. The van der Waals surface area contributed by atoms with Gasteiger partial charge >= 0.3 is 0 Å². The molecule has 3 amide bonds. The van der Waals surface area contributed by atoms with Crippen LogP contribution in [0.25, 0.3) is 6.08 Å². The van der Waals surface area contributed by atoms with Gasteiger partial charge in [-0.15, -0.1) is 11.8 Å². The third-order valence-corrected chi connectivity index (χ3v) is 8.99. The maximum absolute atomic E-state index is 13.6. The Labute approximate surface area is 297 Å². The summed E-state index contributed by atoms with van der Waals surface area (Å²) in [7, 11) is 3.02. The molecule has 0 radical (unpaired) electrons. The zero-order valence-electron chi connectivity index (χ0n) is 27.5. The zero-order valence-corrected chi connectivity index (χ0v) is 28.3. The van der Waals surface area contributed by atoms with Gasteiger partial charge < -0.3 is 25.4 Å². The minimum absolute atomic E-state index is 0.0227. The number of amides is 3. The molecule has 0 saturated heterocycles. The minimum atomic E-state index is -0.578. The molecule has 0 aromatic heterocycles. The summed E-state index contributed by atoms with van der Waals surface area (Å²) < 4.78 is 10.8. The molecular weight excluding hydrogens is 667 g/mol. The Bertz CT molecular complexity index is 2200. The second-order valence-electron chi connectivity index (χ2n) is 11.2. The second-order valence-corrected chi connectivity index (χ2v) is 12.3. The van der Waals surface area contributed by atoms with Crippen LogP contribution in [0.4, 0.5) is 11.4 Å². The van der Waals surface area contributed by atoms with E-state index in [1.807, 2.05) is 0 Å². The van der Waals surface area contributed by atoms with Crippen LogP contribution in [-0.4, -0.2) is 49.3 Å². The molecule has 254 valence electrons. The highest BCUT2D eigenvalue weighted by Crippen LogP contribution is 2.32. The maximum Gasteiger partial charge on any atom is 0.272 e. The SMILES string of the molecule is COc1ccc(OC)c(/C=C(\NC(=O)c2ccccc2)C(=O)Nc2ccc(SCC(=O)Nc3cccc4c3C(=O)c3ccccc3C4=O)cc2)c1. The quantitative estimate of drug-likeness (QED) is 0.101. The Morgan fingerprint density at radius 1 is 0.706 bits per heavy atom. The van der Waals surface area contributed by atoms with Crippen LogP contribution in [0.15, 0.2) is 126 Å². The van der Waals surface area contributed by atoms with Crippen molar-refractivity contribution in [2.24, 2.45) is 0 Å². The molecule has 1 aliphatic rings. The molecule has 5 aromatic carbocycles. The number of fused-ring (bicyclic) bond motifs is 2. The topological polar surface area (TPSA) is 140 Å². The average Bonchev–Trinajstić information content (AvgIpc) is 3.16. The summed E-state index contributed by atoms with van der Waals surface area (Å²) in [5, 5.41) is 8.31. The molecule has 0 aliphatic heterocycles. The third kappa shape index (κ3) is 7.74. The number of thioether (sulfide) groups is 1. The van der Waals surface area contributed by atoms with Crippen LogP contribution in [0.1, 0.15) is 47.8 Å². The van der Waals surface area contributed by atoms with Gasteiger partial charge in [-0.1, -0.05) is 54.6 Å². The largest absolute Gasteiger partial charge is 0.497 e. The lowest BCUT2D eigenvalue weighted by Gasteiger charge is -2.20. The van der Waals surface area contributed by atoms with Crippen molar-refractivity contribution < 1.29 is 33.4 Å². The van der Waals surface area contributed by atoms with Gasteiger partial charge in [-0.3, -0.25) is 24.0 Å². The Hall–Kier alpha value is -6.46. The van der Waals surface area contributed by atoms with E-state index in [0.29, 0.717) is 39.4 Å². The first kappa shape index (κ1) is 34.4. The van der Waals surface area contributed by atoms with E-state index in [1.165, 1.54) is 32.1 Å². The summed E-state index contributed by atoms with van der Waals surface area (Å²) in [5.41, 5.74) is 2.66. The number of ketones is 2. The molecule has 0 fully saturated rings. The van der Waals surface area contributed by atoms with Gasteiger partial charge in [0.15, 0.2) is 11.6 Å². The molecule has 5 aromatic rings. The highest BCUT2D eigenvalue weighted by atomic mass is 32.2.